The Morgan fingerprint density at radius 1 is 0.806 bits per heavy atom. The van der Waals surface area contributed by atoms with Crippen LogP contribution in [0.1, 0.15) is 11.1 Å². The lowest BCUT2D eigenvalue weighted by atomic mass is 10.0. The van der Waals surface area contributed by atoms with E-state index in [0.29, 0.717) is 16.3 Å². The van der Waals surface area contributed by atoms with E-state index in [0.717, 1.165) is 26.1 Å². The number of nitrogens with one attached hydrogen (secondary N) is 1. The van der Waals surface area contributed by atoms with Gasteiger partial charge in [0.25, 0.3) is 10.0 Å². The molecule has 3 nitrogen and oxygen atoms in total. The van der Waals surface area contributed by atoms with Gasteiger partial charge in [-0.3, -0.25) is 4.72 Å². The van der Waals surface area contributed by atoms with Gasteiger partial charge >= 0.3 is 0 Å². The maximum atomic E-state index is 13.2. The standard InChI is InChI=1S/C24H19Cl2NO2S2/c1-15-12-24(21(26)13-20(15)25)31(28,29)27-22-14-23(30-17-8-4-3-5-9-17)16(2)18-10-6-7-11-19(18)22/h3-14,27H,1-2H3. The molecule has 0 bridgehead atoms. The third-order valence-corrected chi connectivity index (χ3v) is 8.37. The van der Waals surface area contributed by atoms with Crippen LogP contribution in [0.4, 0.5) is 5.69 Å². The van der Waals surface area contributed by atoms with Crippen LogP contribution in [0.3, 0.4) is 0 Å². The van der Waals surface area contributed by atoms with E-state index in [1.165, 1.54) is 12.1 Å². The van der Waals surface area contributed by atoms with Crippen molar-refractivity contribution in [3.63, 3.8) is 0 Å². The van der Waals surface area contributed by atoms with Crippen molar-refractivity contribution in [3.8, 4) is 0 Å². The molecule has 1 N–H and O–H groups in total. The van der Waals surface area contributed by atoms with Gasteiger partial charge in [-0.25, -0.2) is 8.42 Å². The van der Waals surface area contributed by atoms with E-state index in [1.54, 1.807) is 18.7 Å². The zero-order chi connectivity index (χ0) is 22.2. The first-order valence-corrected chi connectivity index (χ1v) is 12.6. The predicted octanol–water partition coefficient (Wildman–Crippen LogP) is 7.72. The first kappa shape index (κ1) is 22.0. The topological polar surface area (TPSA) is 46.2 Å². The second kappa shape index (κ2) is 8.75. The van der Waals surface area contributed by atoms with Gasteiger partial charge in [-0.2, -0.15) is 0 Å². The van der Waals surface area contributed by atoms with Crippen LogP contribution in [0.15, 0.2) is 87.5 Å². The molecule has 7 heteroatoms. The van der Waals surface area contributed by atoms with Crippen LogP contribution >= 0.6 is 35.0 Å². The fourth-order valence-electron chi connectivity index (χ4n) is 3.34. The van der Waals surface area contributed by atoms with Crippen LogP contribution in [-0.4, -0.2) is 8.42 Å². The van der Waals surface area contributed by atoms with Crippen LogP contribution < -0.4 is 4.72 Å². The van der Waals surface area contributed by atoms with Crippen molar-refractivity contribution in [1.82, 2.24) is 0 Å². The molecular weight excluding hydrogens is 469 g/mol. The lowest BCUT2D eigenvalue weighted by molar-refractivity contribution is 0.601. The van der Waals surface area contributed by atoms with E-state index >= 15 is 0 Å². The number of sulfonamides is 1. The number of aryl methyl sites for hydroxylation is 2. The lowest BCUT2D eigenvalue weighted by Gasteiger charge is -2.17. The number of halogens is 2. The quantitative estimate of drug-likeness (QED) is 0.313. The fourth-order valence-corrected chi connectivity index (χ4v) is 6.23. The third kappa shape index (κ3) is 4.55. The molecule has 0 amide bonds. The predicted molar refractivity (Wildman–Crippen MR) is 131 cm³/mol. The minimum Gasteiger partial charge on any atom is -0.279 e. The molecule has 0 spiro atoms. The number of anilines is 1. The molecular formula is C24H19Cl2NO2S2. The summed E-state index contributed by atoms with van der Waals surface area (Å²) in [6.07, 6.45) is 0. The molecule has 0 fully saturated rings. The molecule has 158 valence electrons. The summed E-state index contributed by atoms with van der Waals surface area (Å²) in [4.78, 5) is 2.05. The van der Waals surface area contributed by atoms with E-state index in [2.05, 4.69) is 4.72 Å². The van der Waals surface area contributed by atoms with Crippen molar-refractivity contribution in [3.05, 3.63) is 94.0 Å². The molecule has 0 aliphatic carbocycles. The second-order valence-corrected chi connectivity index (χ2v) is 10.7. The van der Waals surface area contributed by atoms with E-state index in [1.807, 2.05) is 67.6 Å². The highest BCUT2D eigenvalue weighted by atomic mass is 35.5. The van der Waals surface area contributed by atoms with Crippen LogP contribution in [0.2, 0.25) is 10.0 Å². The summed E-state index contributed by atoms with van der Waals surface area (Å²) >= 11 is 13.9. The number of fused-ring (bicyclic) bond motifs is 1. The number of hydrogen-bond donors (Lipinski definition) is 1. The molecule has 0 radical (unpaired) electrons. The largest absolute Gasteiger partial charge is 0.279 e. The molecule has 0 aliphatic rings. The van der Waals surface area contributed by atoms with Gasteiger partial charge in [0.2, 0.25) is 0 Å². The molecule has 0 heterocycles. The van der Waals surface area contributed by atoms with Crippen molar-refractivity contribution in [2.75, 3.05) is 4.72 Å². The second-order valence-electron chi connectivity index (χ2n) is 7.15. The molecule has 4 aromatic rings. The Morgan fingerprint density at radius 3 is 2.16 bits per heavy atom. The van der Waals surface area contributed by atoms with E-state index < -0.39 is 10.0 Å². The van der Waals surface area contributed by atoms with Crippen LogP contribution in [0.25, 0.3) is 10.8 Å². The number of benzene rings is 4. The molecule has 31 heavy (non-hydrogen) atoms. The normalized spacial score (nSPS) is 11.6. The summed E-state index contributed by atoms with van der Waals surface area (Å²) in [5.41, 5.74) is 2.23. The van der Waals surface area contributed by atoms with Gasteiger partial charge < -0.3 is 0 Å². The fraction of sp³-hybridized carbons (Fsp3) is 0.0833. The average molecular weight is 488 g/mol. The maximum absolute atomic E-state index is 13.2. The van der Waals surface area contributed by atoms with Gasteiger partial charge in [0, 0.05) is 20.2 Å². The Bertz CT molecular complexity index is 1390. The zero-order valence-corrected chi connectivity index (χ0v) is 20.0. The summed E-state index contributed by atoms with van der Waals surface area (Å²) in [6, 6.07) is 22.5. The molecule has 4 rings (SSSR count). The molecule has 4 aromatic carbocycles. The summed E-state index contributed by atoms with van der Waals surface area (Å²) in [7, 11) is -3.93. The highest BCUT2D eigenvalue weighted by molar-refractivity contribution is 7.99. The zero-order valence-electron chi connectivity index (χ0n) is 16.8. The monoisotopic (exact) mass is 487 g/mol. The SMILES string of the molecule is Cc1cc(S(=O)(=O)Nc2cc(Sc3ccccc3)c(C)c3ccccc23)c(Cl)cc1Cl. The smallest absolute Gasteiger partial charge is 0.263 e. The minimum absolute atomic E-state index is 0.00187. The molecule has 0 saturated heterocycles. The molecule has 0 atom stereocenters. The Kier molecular flexibility index (Phi) is 6.22. The molecule has 0 aliphatic heterocycles. The van der Waals surface area contributed by atoms with Gasteiger partial charge in [0.05, 0.1) is 10.7 Å². The Labute approximate surface area is 196 Å². The van der Waals surface area contributed by atoms with Gasteiger partial charge in [-0.1, -0.05) is 77.4 Å². The molecule has 0 saturated carbocycles. The Balaban J connectivity index is 1.83. The highest BCUT2D eigenvalue weighted by Crippen LogP contribution is 2.39. The van der Waals surface area contributed by atoms with Crippen molar-refractivity contribution in [2.24, 2.45) is 0 Å². The Morgan fingerprint density at radius 2 is 1.45 bits per heavy atom. The van der Waals surface area contributed by atoms with Crippen molar-refractivity contribution in [1.29, 1.82) is 0 Å². The van der Waals surface area contributed by atoms with E-state index in [-0.39, 0.29) is 9.92 Å². The van der Waals surface area contributed by atoms with Crippen molar-refractivity contribution >= 4 is 61.4 Å². The van der Waals surface area contributed by atoms with E-state index in [4.69, 9.17) is 23.2 Å². The van der Waals surface area contributed by atoms with Crippen LogP contribution in [0, 0.1) is 13.8 Å². The average Bonchev–Trinajstić information content (AvgIpc) is 2.74. The van der Waals surface area contributed by atoms with E-state index in [9.17, 15) is 8.42 Å². The Hall–Kier alpha value is -2.18. The number of hydrogen-bond acceptors (Lipinski definition) is 3. The van der Waals surface area contributed by atoms with Crippen molar-refractivity contribution in [2.45, 2.75) is 28.5 Å². The summed E-state index contributed by atoms with van der Waals surface area (Å²) in [5.74, 6) is 0. The molecule has 0 aromatic heterocycles. The van der Waals surface area contributed by atoms with Gasteiger partial charge in [-0.05, 0) is 60.7 Å². The maximum Gasteiger partial charge on any atom is 0.263 e. The lowest BCUT2D eigenvalue weighted by Crippen LogP contribution is -2.14. The summed E-state index contributed by atoms with van der Waals surface area (Å²) < 4.78 is 29.2. The van der Waals surface area contributed by atoms with Crippen LogP contribution in [-0.2, 0) is 10.0 Å². The summed E-state index contributed by atoms with van der Waals surface area (Å²) in [5, 5.41) is 2.31. The first-order chi connectivity index (χ1) is 14.8. The van der Waals surface area contributed by atoms with Crippen LogP contribution in [0.5, 0.6) is 0 Å². The van der Waals surface area contributed by atoms with Crippen molar-refractivity contribution < 1.29 is 8.42 Å². The summed E-state index contributed by atoms with van der Waals surface area (Å²) in [6.45, 7) is 3.79. The molecule has 0 unspecified atom stereocenters. The van der Waals surface area contributed by atoms with Gasteiger partial charge in [-0.15, -0.1) is 0 Å². The minimum atomic E-state index is -3.93. The first-order valence-electron chi connectivity index (χ1n) is 9.50. The highest BCUT2D eigenvalue weighted by Gasteiger charge is 2.21. The number of rotatable bonds is 5. The third-order valence-electron chi connectivity index (χ3n) is 4.98. The van der Waals surface area contributed by atoms with Gasteiger partial charge in [0.15, 0.2) is 0 Å². The van der Waals surface area contributed by atoms with Gasteiger partial charge in [0.1, 0.15) is 4.90 Å².